The number of amides is 3. The van der Waals surface area contributed by atoms with Gasteiger partial charge in [-0.15, -0.1) is 11.3 Å². The summed E-state index contributed by atoms with van der Waals surface area (Å²) in [4.78, 5) is 40.1. The Bertz CT molecular complexity index is 794. The molecule has 0 saturated carbocycles. The number of fused-ring (bicyclic) bond motifs is 1. The van der Waals surface area contributed by atoms with Gasteiger partial charge in [0.25, 0.3) is 11.8 Å². The summed E-state index contributed by atoms with van der Waals surface area (Å²) in [5.74, 6) is -0.745. The Labute approximate surface area is 157 Å². The average Bonchev–Trinajstić information content (AvgIpc) is 3.22. The van der Waals surface area contributed by atoms with Crippen LogP contribution in [0.2, 0.25) is 0 Å². The number of hydrogen-bond donors (Lipinski definition) is 1. The van der Waals surface area contributed by atoms with E-state index in [9.17, 15) is 14.4 Å². The molecule has 26 heavy (non-hydrogen) atoms. The fourth-order valence-electron chi connectivity index (χ4n) is 3.18. The van der Waals surface area contributed by atoms with Gasteiger partial charge in [0.2, 0.25) is 5.91 Å². The lowest BCUT2D eigenvalue weighted by Crippen LogP contribution is -2.48. The van der Waals surface area contributed by atoms with Crippen molar-refractivity contribution >= 4 is 29.1 Å². The van der Waals surface area contributed by atoms with Crippen LogP contribution in [-0.4, -0.2) is 28.7 Å². The molecule has 0 fully saturated rings. The van der Waals surface area contributed by atoms with Gasteiger partial charge in [0.15, 0.2) is 0 Å². The number of imide groups is 1. The summed E-state index contributed by atoms with van der Waals surface area (Å²) >= 11 is 1.59. The van der Waals surface area contributed by atoms with E-state index in [4.69, 9.17) is 0 Å². The van der Waals surface area contributed by atoms with Gasteiger partial charge in [-0.1, -0.05) is 32.0 Å². The van der Waals surface area contributed by atoms with Gasteiger partial charge >= 0.3 is 0 Å². The maximum absolute atomic E-state index is 12.8. The van der Waals surface area contributed by atoms with Crippen LogP contribution in [0.5, 0.6) is 0 Å². The summed E-state index contributed by atoms with van der Waals surface area (Å²) in [5, 5.41) is 5.00. The first-order valence-electron chi connectivity index (χ1n) is 8.70. The number of carbonyl (C=O) groups is 3. The van der Waals surface area contributed by atoms with Crippen LogP contribution in [0.25, 0.3) is 0 Å². The molecule has 2 aromatic rings. The zero-order chi connectivity index (χ0) is 18.8. The second-order valence-corrected chi connectivity index (χ2v) is 7.89. The summed E-state index contributed by atoms with van der Waals surface area (Å²) in [7, 11) is 0. The van der Waals surface area contributed by atoms with Gasteiger partial charge in [-0.3, -0.25) is 19.3 Å². The third-order valence-corrected chi connectivity index (χ3v) is 5.49. The van der Waals surface area contributed by atoms with Crippen LogP contribution >= 0.6 is 11.3 Å². The van der Waals surface area contributed by atoms with Crippen molar-refractivity contribution < 1.29 is 14.4 Å². The van der Waals surface area contributed by atoms with Crippen molar-refractivity contribution in [3.05, 3.63) is 57.8 Å². The van der Waals surface area contributed by atoms with Crippen LogP contribution < -0.4 is 5.32 Å². The molecule has 3 rings (SSSR count). The molecule has 0 saturated heterocycles. The lowest BCUT2D eigenvalue weighted by atomic mass is 10.0. The third-order valence-electron chi connectivity index (χ3n) is 4.50. The second-order valence-electron chi connectivity index (χ2n) is 6.91. The van der Waals surface area contributed by atoms with Crippen molar-refractivity contribution in [2.24, 2.45) is 5.92 Å². The Morgan fingerprint density at radius 1 is 1.04 bits per heavy atom. The first kappa shape index (κ1) is 18.3. The highest BCUT2D eigenvalue weighted by Gasteiger charge is 2.41. The van der Waals surface area contributed by atoms with Gasteiger partial charge in [-0.05, 0) is 42.8 Å². The number of nitrogens with zero attached hydrogens (tertiary/aromatic N) is 1. The predicted octanol–water partition coefficient (Wildman–Crippen LogP) is 3.64. The standard InChI is InChI=1S/C20H22N2O3S/c1-12(2)11-16(17-9-6-10-26-17)21-18(23)13(3)22-19(24)14-7-4-5-8-15(14)20(22)25/h4-10,12-13,16H,11H2,1-3H3,(H,21,23)/t13-,16+/m1/s1. The summed E-state index contributed by atoms with van der Waals surface area (Å²) in [6.07, 6.45) is 0.793. The molecular formula is C20H22N2O3S. The van der Waals surface area contributed by atoms with Gasteiger partial charge in [0.05, 0.1) is 17.2 Å². The molecule has 2 atom stereocenters. The molecule has 1 aromatic heterocycles. The minimum absolute atomic E-state index is 0.125. The first-order valence-corrected chi connectivity index (χ1v) is 9.58. The average molecular weight is 370 g/mol. The highest BCUT2D eigenvalue weighted by atomic mass is 32.1. The van der Waals surface area contributed by atoms with Gasteiger partial charge in [0.1, 0.15) is 6.04 Å². The van der Waals surface area contributed by atoms with Gasteiger partial charge in [-0.2, -0.15) is 0 Å². The number of carbonyl (C=O) groups excluding carboxylic acids is 3. The Morgan fingerprint density at radius 3 is 2.15 bits per heavy atom. The largest absolute Gasteiger partial charge is 0.347 e. The molecular weight excluding hydrogens is 348 g/mol. The van der Waals surface area contributed by atoms with Crippen LogP contribution in [0.15, 0.2) is 41.8 Å². The Morgan fingerprint density at radius 2 is 1.65 bits per heavy atom. The molecule has 136 valence electrons. The van der Waals surface area contributed by atoms with Gasteiger partial charge in [-0.25, -0.2) is 0 Å². The normalized spacial score (nSPS) is 15.9. The predicted molar refractivity (Wildman–Crippen MR) is 101 cm³/mol. The van der Waals surface area contributed by atoms with Crippen molar-refractivity contribution in [3.63, 3.8) is 0 Å². The molecule has 1 N–H and O–H groups in total. The highest BCUT2D eigenvalue weighted by molar-refractivity contribution is 7.10. The molecule has 5 nitrogen and oxygen atoms in total. The molecule has 1 aliphatic rings. The van der Waals surface area contributed by atoms with Crippen LogP contribution in [0.4, 0.5) is 0 Å². The molecule has 0 aliphatic carbocycles. The van der Waals surface area contributed by atoms with E-state index in [1.165, 1.54) is 0 Å². The number of hydrogen-bond acceptors (Lipinski definition) is 4. The van der Waals surface area contributed by atoms with E-state index in [2.05, 4.69) is 19.2 Å². The van der Waals surface area contributed by atoms with Crippen molar-refractivity contribution in [1.29, 1.82) is 0 Å². The number of thiophene rings is 1. The monoisotopic (exact) mass is 370 g/mol. The van der Waals surface area contributed by atoms with E-state index in [1.54, 1.807) is 42.5 Å². The molecule has 1 aliphatic heterocycles. The minimum Gasteiger partial charge on any atom is -0.347 e. The topological polar surface area (TPSA) is 66.5 Å². The van der Waals surface area contributed by atoms with Crippen molar-refractivity contribution in [1.82, 2.24) is 10.2 Å². The summed E-state index contributed by atoms with van der Waals surface area (Å²) in [5.41, 5.74) is 0.711. The quantitative estimate of drug-likeness (QED) is 0.790. The van der Waals surface area contributed by atoms with Crippen LogP contribution in [0.1, 0.15) is 58.8 Å². The zero-order valence-electron chi connectivity index (χ0n) is 15.1. The lowest BCUT2D eigenvalue weighted by molar-refractivity contribution is -0.125. The Balaban J connectivity index is 1.77. The number of benzene rings is 1. The van der Waals surface area contributed by atoms with E-state index in [1.807, 2.05) is 17.5 Å². The maximum atomic E-state index is 12.8. The van der Waals surface area contributed by atoms with Gasteiger partial charge in [0, 0.05) is 4.88 Å². The van der Waals surface area contributed by atoms with Crippen molar-refractivity contribution in [3.8, 4) is 0 Å². The van der Waals surface area contributed by atoms with E-state index in [-0.39, 0.29) is 11.9 Å². The van der Waals surface area contributed by atoms with Crippen LogP contribution in [0.3, 0.4) is 0 Å². The second kappa shape index (κ2) is 7.41. The lowest BCUT2D eigenvalue weighted by Gasteiger charge is -2.25. The summed E-state index contributed by atoms with van der Waals surface area (Å²) in [6.45, 7) is 5.79. The summed E-state index contributed by atoms with van der Waals surface area (Å²) < 4.78 is 0. The van der Waals surface area contributed by atoms with E-state index >= 15 is 0 Å². The van der Waals surface area contributed by atoms with Crippen LogP contribution in [-0.2, 0) is 4.79 Å². The van der Waals surface area contributed by atoms with Gasteiger partial charge < -0.3 is 5.32 Å². The smallest absolute Gasteiger partial charge is 0.262 e. The highest BCUT2D eigenvalue weighted by Crippen LogP contribution is 2.27. The minimum atomic E-state index is -0.864. The van der Waals surface area contributed by atoms with E-state index < -0.39 is 17.9 Å². The number of nitrogens with one attached hydrogen (secondary N) is 1. The molecule has 0 radical (unpaired) electrons. The third kappa shape index (κ3) is 3.42. The van der Waals surface area contributed by atoms with Crippen molar-refractivity contribution in [2.75, 3.05) is 0 Å². The molecule has 2 heterocycles. The molecule has 0 spiro atoms. The fraction of sp³-hybridized carbons (Fsp3) is 0.350. The molecule has 6 heteroatoms. The SMILES string of the molecule is CC(C)C[C@H](NC(=O)[C@@H](C)N1C(=O)c2ccccc2C1=O)c1cccs1. The Hall–Kier alpha value is -2.47. The molecule has 0 unspecified atom stereocenters. The number of rotatable bonds is 6. The van der Waals surface area contributed by atoms with E-state index in [0.29, 0.717) is 17.0 Å². The summed E-state index contributed by atoms with van der Waals surface area (Å²) in [6, 6.07) is 9.62. The van der Waals surface area contributed by atoms with Crippen LogP contribution in [0, 0.1) is 5.92 Å². The first-order chi connectivity index (χ1) is 12.4. The molecule has 1 aromatic carbocycles. The fourth-order valence-corrected chi connectivity index (χ4v) is 3.97. The van der Waals surface area contributed by atoms with E-state index in [0.717, 1.165) is 16.2 Å². The maximum Gasteiger partial charge on any atom is 0.262 e. The van der Waals surface area contributed by atoms with Crippen molar-refractivity contribution in [2.45, 2.75) is 39.3 Å². The Kier molecular flexibility index (Phi) is 5.23. The zero-order valence-corrected chi connectivity index (χ0v) is 15.9. The molecule has 3 amide bonds. The molecule has 0 bridgehead atoms.